The maximum atomic E-state index is 11.2. The van der Waals surface area contributed by atoms with Gasteiger partial charge in [-0.25, -0.2) is 0 Å². The van der Waals surface area contributed by atoms with E-state index in [-0.39, 0.29) is 6.61 Å². The van der Waals surface area contributed by atoms with E-state index in [0.717, 1.165) is 0 Å². The Morgan fingerprint density at radius 1 is 1.35 bits per heavy atom. The van der Waals surface area contributed by atoms with Crippen molar-refractivity contribution in [3.8, 4) is 23.0 Å². The molecule has 1 rings (SSSR count). The van der Waals surface area contributed by atoms with Crippen molar-refractivity contribution in [2.24, 2.45) is 0 Å². The van der Waals surface area contributed by atoms with Crippen molar-refractivity contribution in [2.75, 3.05) is 7.11 Å². The van der Waals surface area contributed by atoms with Gasteiger partial charge < -0.3 is 14.6 Å². The molecule has 0 heterocycles. The first-order valence-corrected chi connectivity index (χ1v) is 9.80. The quantitative estimate of drug-likeness (QED) is 0.402. The molecule has 0 aromatic heterocycles. The highest BCUT2D eigenvalue weighted by molar-refractivity contribution is 6.83. The van der Waals surface area contributed by atoms with E-state index < -0.39 is 14.0 Å². The highest BCUT2D eigenvalue weighted by atomic mass is 28.3. The number of esters is 1. The molecule has 108 valence electrons. The number of aliphatic hydroxyl groups is 1. The molecule has 5 heteroatoms. The average molecular weight is 292 g/mol. The molecule has 0 spiro atoms. The summed E-state index contributed by atoms with van der Waals surface area (Å²) in [5.74, 6) is 3.32. The number of ether oxygens (including phenoxy) is 2. The van der Waals surface area contributed by atoms with Crippen molar-refractivity contribution in [1.29, 1.82) is 0 Å². The van der Waals surface area contributed by atoms with Gasteiger partial charge >= 0.3 is 5.97 Å². The van der Waals surface area contributed by atoms with Crippen LogP contribution >= 0.6 is 0 Å². The van der Waals surface area contributed by atoms with E-state index >= 15 is 0 Å². The molecule has 0 atom stereocenters. The van der Waals surface area contributed by atoms with Crippen molar-refractivity contribution in [1.82, 2.24) is 0 Å². The Hall–Kier alpha value is -1.77. The molecule has 0 saturated heterocycles. The van der Waals surface area contributed by atoms with Crippen LogP contribution in [0.25, 0.3) is 0 Å². The number of rotatable bonds is 3. The van der Waals surface area contributed by atoms with E-state index in [4.69, 9.17) is 9.47 Å². The Balaban J connectivity index is 3.42. The second-order valence-corrected chi connectivity index (χ2v) is 10.2. The van der Waals surface area contributed by atoms with Crippen LogP contribution < -0.4 is 9.47 Å². The smallest absolute Gasteiger partial charge is 0.308 e. The maximum absolute atomic E-state index is 11.2. The zero-order chi connectivity index (χ0) is 15.3. The molecule has 0 bridgehead atoms. The Bertz CT molecular complexity index is 562. The normalized spacial score (nSPS) is 10.5. The lowest BCUT2D eigenvalue weighted by Crippen LogP contribution is -2.16. The minimum Gasteiger partial charge on any atom is -0.493 e. The lowest BCUT2D eigenvalue weighted by molar-refractivity contribution is -0.132. The third-order valence-corrected chi connectivity index (χ3v) is 3.21. The summed E-state index contributed by atoms with van der Waals surface area (Å²) in [5, 5.41) is 9.28. The standard InChI is InChI=1S/C15H20O4Si/c1-11(17)19-15-13(6-7-20(3,4)5)8-12(10-16)9-14(15)18-2/h8-9,16H,10H2,1-5H3. The first kappa shape index (κ1) is 16.3. The summed E-state index contributed by atoms with van der Waals surface area (Å²) in [4.78, 5) is 11.2. The van der Waals surface area contributed by atoms with Crippen molar-refractivity contribution in [3.05, 3.63) is 23.3 Å². The Morgan fingerprint density at radius 2 is 2.00 bits per heavy atom. The van der Waals surface area contributed by atoms with Crippen molar-refractivity contribution >= 4 is 14.0 Å². The van der Waals surface area contributed by atoms with Gasteiger partial charge in [0.25, 0.3) is 0 Å². The van der Waals surface area contributed by atoms with Crippen LogP contribution in [0.5, 0.6) is 11.5 Å². The van der Waals surface area contributed by atoms with Crippen molar-refractivity contribution in [2.45, 2.75) is 33.2 Å². The van der Waals surface area contributed by atoms with Gasteiger partial charge in [0.05, 0.1) is 19.3 Å². The van der Waals surface area contributed by atoms with Gasteiger partial charge in [0.2, 0.25) is 0 Å². The molecule has 1 aromatic carbocycles. The number of carbonyl (C=O) groups is 1. The molecule has 4 nitrogen and oxygen atoms in total. The van der Waals surface area contributed by atoms with E-state index in [1.807, 2.05) is 0 Å². The zero-order valence-corrected chi connectivity index (χ0v) is 13.5. The fourth-order valence-corrected chi connectivity index (χ4v) is 2.01. The Morgan fingerprint density at radius 3 is 2.45 bits per heavy atom. The second-order valence-electron chi connectivity index (χ2n) is 5.43. The van der Waals surface area contributed by atoms with E-state index in [0.29, 0.717) is 22.6 Å². The summed E-state index contributed by atoms with van der Waals surface area (Å²) in [6.45, 7) is 7.57. The average Bonchev–Trinajstić information content (AvgIpc) is 2.35. The third kappa shape index (κ3) is 4.72. The Labute approximate surface area is 120 Å². The minimum atomic E-state index is -1.56. The molecule has 20 heavy (non-hydrogen) atoms. The first-order chi connectivity index (χ1) is 9.26. The van der Waals surface area contributed by atoms with Gasteiger partial charge in [0.1, 0.15) is 8.07 Å². The number of carbonyl (C=O) groups excluding carboxylic acids is 1. The largest absolute Gasteiger partial charge is 0.493 e. The van der Waals surface area contributed by atoms with E-state index in [9.17, 15) is 9.90 Å². The summed E-state index contributed by atoms with van der Waals surface area (Å²) >= 11 is 0. The molecule has 0 amide bonds. The maximum Gasteiger partial charge on any atom is 0.308 e. The lowest BCUT2D eigenvalue weighted by atomic mass is 10.1. The van der Waals surface area contributed by atoms with Gasteiger partial charge in [0.15, 0.2) is 11.5 Å². The summed E-state index contributed by atoms with van der Waals surface area (Å²) in [7, 11) is -0.0776. The number of benzene rings is 1. The molecule has 1 aromatic rings. The van der Waals surface area contributed by atoms with Gasteiger partial charge in [-0.05, 0) is 17.7 Å². The summed E-state index contributed by atoms with van der Waals surface area (Å²) in [6.07, 6.45) is 0. The number of hydrogen-bond donors (Lipinski definition) is 1. The number of methoxy groups -OCH3 is 1. The van der Waals surface area contributed by atoms with Crippen LogP contribution in [-0.4, -0.2) is 26.3 Å². The second kappa shape index (κ2) is 6.59. The van der Waals surface area contributed by atoms with Crippen LogP contribution in [0.4, 0.5) is 0 Å². The molecule has 0 radical (unpaired) electrons. The summed E-state index contributed by atoms with van der Waals surface area (Å²) in [6, 6.07) is 3.35. The van der Waals surface area contributed by atoms with Crippen molar-refractivity contribution in [3.63, 3.8) is 0 Å². The van der Waals surface area contributed by atoms with Crippen LogP contribution in [0.15, 0.2) is 12.1 Å². The predicted molar refractivity (Wildman–Crippen MR) is 80.4 cm³/mol. The fraction of sp³-hybridized carbons (Fsp3) is 0.400. The molecule has 0 saturated carbocycles. The highest BCUT2D eigenvalue weighted by Crippen LogP contribution is 2.32. The van der Waals surface area contributed by atoms with Crippen LogP contribution in [-0.2, 0) is 11.4 Å². The first-order valence-electron chi connectivity index (χ1n) is 6.30. The predicted octanol–water partition coefficient (Wildman–Crippen LogP) is 2.34. The van der Waals surface area contributed by atoms with Gasteiger partial charge in [0, 0.05) is 6.92 Å². The zero-order valence-electron chi connectivity index (χ0n) is 12.5. The molecule has 0 aliphatic carbocycles. The van der Waals surface area contributed by atoms with Crippen LogP contribution in [0.3, 0.4) is 0 Å². The SMILES string of the molecule is COc1cc(CO)cc(C#C[Si](C)(C)C)c1OC(C)=O. The van der Waals surface area contributed by atoms with E-state index in [2.05, 4.69) is 31.1 Å². The fourth-order valence-electron chi connectivity index (χ4n) is 1.50. The lowest BCUT2D eigenvalue weighted by Gasteiger charge is -2.12. The Kier molecular flexibility index (Phi) is 5.37. The van der Waals surface area contributed by atoms with Crippen LogP contribution in [0.1, 0.15) is 18.1 Å². The molecule has 0 aliphatic heterocycles. The molecule has 0 fully saturated rings. The molecular weight excluding hydrogens is 272 g/mol. The number of aliphatic hydroxyl groups excluding tert-OH is 1. The molecule has 0 aliphatic rings. The van der Waals surface area contributed by atoms with Gasteiger partial charge in [-0.1, -0.05) is 25.6 Å². The van der Waals surface area contributed by atoms with Gasteiger partial charge in [-0.3, -0.25) is 4.79 Å². The molecule has 1 N–H and O–H groups in total. The topological polar surface area (TPSA) is 55.8 Å². The third-order valence-electron chi connectivity index (χ3n) is 2.34. The van der Waals surface area contributed by atoms with E-state index in [1.165, 1.54) is 14.0 Å². The summed E-state index contributed by atoms with van der Waals surface area (Å²) in [5.41, 5.74) is 4.44. The molecule has 0 unspecified atom stereocenters. The van der Waals surface area contributed by atoms with Crippen LogP contribution in [0, 0.1) is 11.5 Å². The summed E-state index contributed by atoms with van der Waals surface area (Å²) < 4.78 is 10.4. The highest BCUT2D eigenvalue weighted by Gasteiger charge is 2.15. The number of hydrogen-bond acceptors (Lipinski definition) is 4. The monoisotopic (exact) mass is 292 g/mol. The van der Waals surface area contributed by atoms with Gasteiger partial charge in [-0.15, -0.1) is 5.54 Å². The van der Waals surface area contributed by atoms with Crippen molar-refractivity contribution < 1.29 is 19.4 Å². The van der Waals surface area contributed by atoms with E-state index in [1.54, 1.807) is 12.1 Å². The van der Waals surface area contributed by atoms with Gasteiger partial charge in [-0.2, -0.15) is 0 Å². The minimum absolute atomic E-state index is 0.127. The molecular formula is C15H20O4Si. The van der Waals surface area contributed by atoms with Crippen LogP contribution in [0.2, 0.25) is 19.6 Å².